The Morgan fingerprint density at radius 3 is 2.80 bits per heavy atom. The van der Waals surface area contributed by atoms with E-state index in [0.717, 1.165) is 10.2 Å². The third-order valence-electron chi connectivity index (χ3n) is 2.61. The molecule has 0 radical (unpaired) electrons. The highest BCUT2D eigenvalue weighted by atomic mass is 32.1. The van der Waals surface area contributed by atoms with Crippen molar-refractivity contribution in [3.63, 3.8) is 0 Å². The Balaban J connectivity index is 1.95. The maximum Gasteiger partial charge on any atom is 0.321 e. The summed E-state index contributed by atoms with van der Waals surface area (Å²) in [6, 6.07) is 6.59. The number of hydrogen-bond donors (Lipinski definition) is 3. The van der Waals surface area contributed by atoms with Gasteiger partial charge in [-0.3, -0.25) is 10.1 Å². The third kappa shape index (κ3) is 3.45. The van der Waals surface area contributed by atoms with Gasteiger partial charge in [-0.05, 0) is 26.0 Å². The molecule has 3 N–H and O–H groups in total. The average Bonchev–Trinajstić information content (AvgIpc) is 2.80. The Kier molecular flexibility index (Phi) is 4.52. The van der Waals surface area contributed by atoms with Gasteiger partial charge in [0.25, 0.3) is 0 Å². The Bertz CT molecular complexity index is 593. The summed E-state index contributed by atoms with van der Waals surface area (Å²) in [5.74, 6) is -0.216. The molecule has 1 aromatic carbocycles. The quantitative estimate of drug-likeness (QED) is 0.805. The Labute approximate surface area is 120 Å². The van der Waals surface area contributed by atoms with Crippen molar-refractivity contribution in [2.24, 2.45) is 0 Å². The maximum atomic E-state index is 11.8. The number of amides is 3. The van der Waals surface area contributed by atoms with E-state index in [1.807, 2.05) is 31.2 Å². The molecule has 0 saturated heterocycles. The zero-order valence-corrected chi connectivity index (χ0v) is 12.1. The molecule has 0 aliphatic carbocycles. The third-order valence-corrected chi connectivity index (χ3v) is 3.56. The van der Waals surface area contributed by atoms with E-state index in [9.17, 15) is 9.59 Å². The van der Waals surface area contributed by atoms with Gasteiger partial charge in [-0.1, -0.05) is 23.5 Å². The molecule has 0 spiro atoms. The fourth-order valence-corrected chi connectivity index (χ4v) is 2.51. The number of aromatic nitrogens is 1. The zero-order valence-electron chi connectivity index (χ0n) is 11.3. The van der Waals surface area contributed by atoms with Crippen LogP contribution in [0.3, 0.4) is 0 Å². The molecule has 2 aromatic rings. The molecule has 1 heterocycles. The van der Waals surface area contributed by atoms with Gasteiger partial charge in [0.2, 0.25) is 5.91 Å². The molecule has 6 nitrogen and oxygen atoms in total. The topological polar surface area (TPSA) is 83.1 Å². The van der Waals surface area contributed by atoms with Crippen molar-refractivity contribution >= 4 is 38.6 Å². The molecular formula is C13H16N4O2S. The molecule has 0 bridgehead atoms. The number of carbonyl (C=O) groups excluding carboxylic acids is 2. The van der Waals surface area contributed by atoms with E-state index in [0.29, 0.717) is 11.7 Å². The van der Waals surface area contributed by atoms with E-state index in [1.165, 1.54) is 11.3 Å². The Morgan fingerprint density at radius 2 is 2.10 bits per heavy atom. The van der Waals surface area contributed by atoms with Crippen molar-refractivity contribution in [2.45, 2.75) is 19.9 Å². The van der Waals surface area contributed by atoms with Gasteiger partial charge in [0.15, 0.2) is 5.13 Å². The maximum absolute atomic E-state index is 11.8. The number of nitrogens with one attached hydrogen (secondary N) is 3. The number of likely N-dealkylation sites (N-methyl/N-ethyl adjacent to an activating group) is 1. The second-order valence-electron chi connectivity index (χ2n) is 4.20. The number of urea groups is 1. The summed E-state index contributed by atoms with van der Waals surface area (Å²) < 4.78 is 1.000. The molecule has 1 aromatic heterocycles. The first-order valence-corrected chi connectivity index (χ1v) is 7.12. The van der Waals surface area contributed by atoms with Gasteiger partial charge >= 0.3 is 6.03 Å². The van der Waals surface area contributed by atoms with Gasteiger partial charge in [0.05, 0.1) is 10.2 Å². The van der Waals surface area contributed by atoms with Gasteiger partial charge in [0, 0.05) is 6.54 Å². The summed E-state index contributed by atoms with van der Waals surface area (Å²) in [4.78, 5) is 27.6. The SMILES string of the molecule is CCNC(=O)C(C)NC(=O)Nc1nc2ccccc2s1. The molecule has 1 atom stereocenters. The summed E-state index contributed by atoms with van der Waals surface area (Å²) >= 11 is 1.39. The van der Waals surface area contributed by atoms with E-state index in [2.05, 4.69) is 20.9 Å². The van der Waals surface area contributed by atoms with E-state index in [4.69, 9.17) is 0 Å². The lowest BCUT2D eigenvalue weighted by Crippen LogP contribution is -2.46. The molecule has 7 heteroatoms. The normalized spacial score (nSPS) is 11.9. The molecule has 2 rings (SSSR count). The molecule has 0 aliphatic heterocycles. The first-order valence-electron chi connectivity index (χ1n) is 6.31. The number of rotatable bonds is 4. The van der Waals surface area contributed by atoms with Crippen molar-refractivity contribution in [3.05, 3.63) is 24.3 Å². The summed E-state index contributed by atoms with van der Waals surface area (Å²) in [5.41, 5.74) is 0.838. The number of benzene rings is 1. The fraction of sp³-hybridized carbons (Fsp3) is 0.308. The van der Waals surface area contributed by atoms with Crippen LogP contribution in [0.5, 0.6) is 0 Å². The number of fused-ring (bicyclic) bond motifs is 1. The highest BCUT2D eigenvalue weighted by Crippen LogP contribution is 2.25. The van der Waals surface area contributed by atoms with Crippen LogP contribution in [0, 0.1) is 0 Å². The summed E-state index contributed by atoms with van der Waals surface area (Å²) in [6.07, 6.45) is 0. The van der Waals surface area contributed by atoms with Crippen molar-refractivity contribution in [1.82, 2.24) is 15.6 Å². The predicted octanol–water partition coefficient (Wildman–Crippen LogP) is 1.94. The molecule has 0 fully saturated rings. The molecule has 1 unspecified atom stereocenters. The minimum absolute atomic E-state index is 0.216. The molecule has 0 aliphatic rings. The van der Waals surface area contributed by atoms with Crippen molar-refractivity contribution in [2.75, 3.05) is 11.9 Å². The Hall–Kier alpha value is -2.15. The average molecular weight is 292 g/mol. The summed E-state index contributed by atoms with van der Waals surface area (Å²) in [5, 5.41) is 8.35. The van der Waals surface area contributed by atoms with Crippen LogP contribution in [0.2, 0.25) is 0 Å². The highest BCUT2D eigenvalue weighted by molar-refractivity contribution is 7.22. The van der Waals surface area contributed by atoms with Gasteiger partial charge in [-0.15, -0.1) is 0 Å². The minimum Gasteiger partial charge on any atom is -0.355 e. The number of thiazole rings is 1. The standard InChI is InChI=1S/C13H16N4O2S/c1-3-14-11(18)8(2)15-12(19)17-13-16-9-6-4-5-7-10(9)20-13/h4-8H,3H2,1-2H3,(H,14,18)(H2,15,16,17,19). The number of nitrogens with zero attached hydrogens (tertiary/aromatic N) is 1. The first-order chi connectivity index (χ1) is 9.60. The number of para-hydroxylation sites is 1. The zero-order chi connectivity index (χ0) is 14.5. The molecule has 106 valence electrons. The van der Waals surface area contributed by atoms with Crippen LogP contribution < -0.4 is 16.0 Å². The molecule has 3 amide bonds. The van der Waals surface area contributed by atoms with Crippen molar-refractivity contribution < 1.29 is 9.59 Å². The summed E-state index contributed by atoms with van der Waals surface area (Å²) in [7, 11) is 0. The molecule has 20 heavy (non-hydrogen) atoms. The summed E-state index contributed by atoms with van der Waals surface area (Å²) in [6.45, 7) is 3.99. The second-order valence-corrected chi connectivity index (χ2v) is 5.23. The highest BCUT2D eigenvalue weighted by Gasteiger charge is 2.15. The largest absolute Gasteiger partial charge is 0.355 e. The molecular weight excluding hydrogens is 276 g/mol. The van der Waals surface area contributed by atoms with Crippen molar-refractivity contribution in [3.8, 4) is 0 Å². The van der Waals surface area contributed by atoms with Crippen LogP contribution in [0.1, 0.15) is 13.8 Å². The number of carbonyl (C=O) groups is 2. The van der Waals surface area contributed by atoms with Crippen LogP contribution in [0.4, 0.5) is 9.93 Å². The number of hydrogen-bond acceptors (Lipinski definition) is 4. The van der Waals surface area contributed by atoms with Crippen molar-refractivity contribution in [1.29, 1.82) is 0 Å². The van der Waals surface area contributed by atoms with Crippen LogP contribution in [-0.2, 0) is 4.79 Å². The van der Waals surface area contributed by atoms with E-state index >= 15 is 0 Å². The molecule has 0 saturated carbocycles. The minimum atomic E-state index is -0.593. The van der Waals surface area contributed by atoms with Crippen LogP contribution in [-0.4, -0.2) is 29.5 Å². The van der Waals surface area contributed by atoms with Gasteiger partial charge in [-0.25, -0.2) is 9.78 Å². The van der Waals surface area contributed by atoms with Gasteiger partial charge in [0.1, 0.15) is 6.04 Å². The van der Waals surface area contributed by atoms with Crippen LogP contribution >= 0.6 is 11.3 Å². The fourth-order valence-electron chi connectivity index (χ4n) is 1.65. The lowest BCUT2D eigenvalue weighted by Gasteiger charge is -2.12. The van der Waals surface area contributed by atoms with Gasteiger partial charge in [-0.2, -0.15) is 0 Å². The van der Waals surface area contributed by atoms with Crippen LogP contribution in [0.15, 0.2) is 24.3 Å². The monoisotopic (exact) mass is 292 g/mol. The van der Waals surface area contributed by atoms with Gasteiger partial charge < -0.3 is 10.6 Å². The number of anilines is 1. The first kappa shape index (κ1) is 14.3. The lowest BCUT2D eigenvalue weighted by atomic mass is 10.3. The predicted molar refractivity (Wildman–Crippen MR) is 79.9 cm³/mol. The second kappa shape index (κ2) is 6.33. The van der Waals surface area contributed by atoms with E-state index in [-0.39, 0.29) is 5.91 Å². The van der Waals surface area contributed by atoms with E-state index in [1.54, 1.807) is 6.92 Å². The lowest BCUT2D eigenvalue weighted by molar-refractivity contribution is -0.122. The Morgan fingerprint density at radius 1 is 1.35 bits per heavy atom. The van der Waals surface area contributed by atoms with E-state index < -0.39 is 12.1 Å². The smallest absolute Gasteiger partial charge is 0.321 e. The van der Waals surface area contributed by atoms with Crippen LogP contribution in [0.25, 0.3) is 10.2 Å².